The van der Waals surface area contributed by atoms with Gasteiger partial charge in [0, 0.05) is 18.3 Å². The number of alkyl halides is 2. The molecule has 0 saturated carbocycles. The Hall–Kier alpha value is -2.05. The lowest BCUT2D eigenvalue weighted by molar-refractivity contribution is -0.0498. The number of pyridine rings is 1. The number of hydrogen-bond acceptors (Lipinski definition) is 4. The molecular formula is C14H15F2N3O. The quantitative estimate of drug-likeness (QED) is 0.630. The zero-order valence-electron chi connectivity index (χ0n) is 10.7. The predicted octanol–water partition coefficient (Wildman–Crippen LogP) is 2.43. The highest BCUT2D eigenvalue weighted by Crippen LogP contribution is 2.21. The van der Waals surface area contributed by atoms with Gasteiger partial charge in [-0.25, -0.2) is 0 Å². The van der Waals surface area contributed by atoms with Gasteiger partial charge in [-0.3, -0.25) is 16.3 Å². The van der Waals surface area contributed by atoms with Crippen LogP contribution in [-0.4, -0.2) is 11.6 Å². The first-order valence-corrected chi connectivity index (χ1v) is 6.10. The molecule has 1 aromatic heterocycles. The Labute approximate surface area is 115 Å². The topological polar surface area (TPSA) is 60.2 Å². The van der Waals surface area contributed by atoms with Crippen molar-refractivity contribution in [1.29, 1.82) is 0 Å². The minimum absolute atomic E-state index is 0.123. The van der Waals surface area contributed by atoms with Gasteiger partial charge in [-0.2, -0.15) is 8.78 Å². The van der Waals surface area contributed by atoms with E-state index in [2.05, 4.69) is 15.1 Å². The highest BCUT2D eigenvalue weighted by molar-refractivity contribution is 5.30. The predicted molar refractivity (Wildman–Crippen MR) is 71.1 cm³/mol. The minimum atomic E-state index is -2.82. The third-order valence-corrected chi connectivity index (χ3v) is 2.85. The van der Waals surface area contributed by atoms with Gasteiger partial charge in [0.05, 0.1) is 6.04 Å². The first-order chi connectivity index (χ1) is 9.69. The Morgan fingerprint density at radius 1 is 1.15 bits per heavy atom. The molecule has 0 fully saturated rings. The number of benzene rings is 1. The van der Waals surface area contributed by atoms with Crippen LogP contribution >= 0.6 is 0 Å². The van der Waals surface area contributed by atoms with Crippen molar-refractivity contribution in [2.24, 2.45) is 5.84 Å². The number of hydrazine groups is 1. The highest BCUT2D eigenvalue weighted by atomic mass is 19.3. The molecule has 1 unspecified atom stereocenters. The smallest absolute Gasteiger partial charge is 0.387 e. The molecule has 20 heavy (non-hydrogen) atoms. The molecule has 0 aliphatic carbocycles. The summed E-state index contributed by atoms with van der Waals surface area (Å²) in [5, 5.41) is 0. The zero-order chi connectivity index (χ0) is 14.4. The SMILES string of the molecule is NNC(Cc1ccccn1)c1ccc(OC(F)F)cc1. The van der Waals surface area contributed by atoms with Crippen LogP contribution in [0.2, 0.25) is 0 Å². The van der Waals surface area contributed by atoms with E-state index in [9.17, 15) is 8.78 Å². The highest BCUT2D eigenvalue weighted by Gasteiger charge is 2.12. The maximum Gasteiger partial charge on any atom is 0.387 e. The third-order valence-electron chi connectivity index (χ3n) is 2.85. The average molecular weight is 279 g/mol. The van der Waals surface area contributed by atoms with E-state index in [0.29, 0.717) is 6.42 Å². The Balaban J connectivity index is 2.07. The molecule has 0 radical (unpaired) electrons. The second-order valence-corrected chi connectivity index (χ2v) is 4.19. The average Bonchev–Trinajstić information content (AvgIpc) is 2.46. The molecule has 0 bridgehead atoms. The summed E-state index contributed by atoms with van der Waals surface area (Å²) in [7, 11) is 0. The summed E-state index contributed by atoms with van der Waals surface area (Å²) in [5.74, 6) is 5.66. The van der Waals surface area contributed by atoms with Gasteiger partial charge in [-0.15, -0.1) is 0 Å². The van der Waals surface area contributed by atoms with E-state index < -0.39 is 6.61 Å². The molecule has 4 nitrogen and oxygen atoms in total. The fourth-order valence-electron chi connectivity index (χ4n) is 1.88. The molecule has 1 atom stereocenters. The molecule has 2 rings (SSSR count). The Morgan fingerprint density at radius 3 is 2.45 bits per heavy atom. The minimum Gasteiger partial charge on any atom is -0.435 e. The summed E-state index contributed by atoms with van der Waals surface area (Å²) in [6, 6.07) is 11.9. The van der Waals surface area contributed by atoms with Gasteiger partial charge in [-0.1, -0.05) is 18.2 Å². The standard InChI is InChI=1S/C14H15F2N3O/c15-14(16)20-12-6-4-10(5-7-12)13(19-17)9-11-3-1-2-8-18-11/h1-8,13-14,19H,9,17H2. The number of halogens is 2. The largest absolute Gasteiger partial charge is 0.435 e. The second kappa shape index (κ2) is 6.93. The summed E-state index contributed by atoms with van der Waals surface area (Å²) < 4.78 is 28.4. The van der Waals surface area contributed by atoms with Gasteiger partial charge in [0.2, 0.25) is 0 Å². The van der Waals surface area contributed by atoms with Crippen molar-refractivity contribution in [3.05, 3.63) is 59.9 Å². The van der Waals surface area contributed by atoms with Crippen molar-refractivity contribution >= 4 is 0 Å². The molecule has 0 amide bonds. The fraction of sp³-hybridized carbons (Fsp3) is 0.214. The lowest BCUT2D eigenvalue weighted by Gasteiger charge is -2.16. The summed E-state index contributed by atoms with van der Waals surface area (Å²) in [5.41, 5.74) is 4.46. The van der Waals surface area contributed by atoms with Crippen LogP contribution in [0.3, 0.4) is 0 Å². The van der Waals surface area contributed by atoms with Crippen LogP contribution in [0, 0.1) is 0 Å². The van der Waals surface area contributed by atoms with Gasteiger partial charge < -0.3 is 4.74 Å². The number of ether oxygens (including phenoxy) is 1. The first kappa shape index (κ1) is 14.4. The molecule has 0 aliphatic rings. The third kappa shape index (κ3) is 3.97. The van der Waals surface area contributed by atoms with Crippen molar-refractivity contribution in [2.45, 2.75) is 19.1 Å². The van der Waals surface area contributed by atoms with E-state index >= 15 is 0 Å². The van der Waals surface area contributed by atoms with Gasteiger partial charge in [-0.05, 0) is 29.8 Å². The van der Waals surface area contributed by atoms with Crippen LogP contribution in [0.15, 0.2) is 48.7 Å². The van der Waals surface area contributed by atoms with Gasteiger partial charge in [0.25, 0.3) is 0 Å². The molecule has 2 aromatic rings. The lowest BCUT2D eigenvalue weighted by Crippen LogP contribution is -2.29. The second-order valence-electron chi connectivity index (χ2n) is 4.19. The number of aromatic nitrogens is 1. The van der Waals surface area contributed by atoms with Gasteiger partial charge in [0.1, 0.15) is 5.75 Å². The molecule has 1 aromatic carbocycles. The van der Waals surface area contributed by atoms with Crippen LogP contribution < -0.4 is 16.0 Å². The number of nitrogens with zero attached hydrogens (tertiary/aromatic N) is 1. The van der Waals surface area contributed by atoms with Gasteiger partial charge >= 0.3 is 6.61 Å². The number of hydrogen-bond donors (Lipinski definition) is 2. The number of rotatable bonds is 6. The summed E-state index contributed by atoms with van der Waals surface area (Å²) in [6.07, 6.45) is 2.31. The fourth-order valence-corrected chi connectivity index (χ4v) is 1.88. The molecule has 106 valence electrons. The van der Waals surface area contributed by atoms with E-state index in [4.69, 9.17) is 5.84 Å². The van der Waals surface area contributed by atoms with Gasteiger partial charge in [0.15, 0.2) is 0 Å². The van der Waals surface area contributed by atoms with E-state index in [1.165, 1.54) is 12.1 Å². The van der Waals surface area contributed by atoms with E-state index in [1.54, 1.807) is 18.3 Å². The maximum atomic E-state index is 12.1. The monoisotopic (exact) mass is 279 g/mol. The Bertz CT molecular complexity index is 520. The van der Waals surface area contributed by atoms with Crippen LogP contribution in [0.5, 0.6) is 5.75 Å². The maximum absolute atomic E-state index is 12.1. The molecular weight excluding hydrogens is 264 g/mol. The summed E-state index contributed by atoms with van der Waals surface area (Å²) in [4.78, 5) is 4.23. The van der Waals surface area contributed by atoms with E-state index in [1.807, 2.05) is 18.2 Å². The lowest BCUT2D eigenvalue weighted by atomic mass is 10.0. The molecule has 3 N–H and O–H groups in total. The summed E-state index contributed by atoms with van der Waals surface area (Å²) in [6.45, 7) is -2.82. The normalized spacial score (nSPS) is 12.4. The Kier molecular flexibility index (Phi) is 4.97. The van der Waals surface area contributed by atoms with Crippen molar-refractivity contribution in [2.75, 3.05) is 0 Å². The van der Waals surface area contributed by atoms with Crippen molar-refractivity contribution in [3.63, 3.8) is 0 Å². The molecule has 0 saturated heterocycles. The number of nitrogens with one attached hydrogen (secondary N) is 1. The molecule has 6 heteroatoms. The van der Waals surface area contributed by atoms with Crippen molar-refractivity contribution < 1.29 is 13.5 Å². The number of nitrogens with two attached hydrogens (primary N) is 1. The van der Waals surface area contributed by atoms with Crippen LogP contribution in [-0.2, 0) is 6.42 Å². The summed E-state index contributed by atoms with van der Waals surface area (Å²) >= 11 is 0. The zero-order valence-corrected chi connectivity index (χ0v) is 10.7. The van der Waals surface area contributed by atoms with Crippen LogP contribution in [0.25, 0.3) is 0 Å². The Morgan fingerprint density at radius 2 is 1.90 bits per heavy atom. The molecule has 1 heterocycles. The van der Waals surface area contributed by atoms with E-state index in [-0.39, 0.29) is 11.8 Å². The van der Waals surface area contributed by atoms with E-state index in [0.717, 1.165) is 11.3 Å². The van der Waals surface area contributed by atoms with Crippen LogP contribution in [0.1, 0.15) is 17.3 Å². The van der Waals surface area contributed by atoms with Crippen molar-refractivity contribution in [1.82, 2.24) is 10.4 Å². The van der Waals surface area contributed by atoms with Crippen LogP contribution in [0.4, 0.5) is 8.78 Å². The molecule has 0 spiro atoms. The molecule has 0 aliphatic heterocycles. The first-order valence-electron chi connectivity index (χ1n) is 6.10. The van der Waals surface area contributed by atoms with Crippen molar-refractivity contribution in [3.8, 4) is 5.75 Å².